The summed E-state index contributed by atoms with van der Waals surface area (Å²) >= 11 is 0. The molecule has 1 fully saturated rings. The van der Waals surface area contributed by atoms with E-state index in [-0.39, 0.29) is 12.5 Å². The molecular weight excluding hydrogens is 232 g/mol. The van der Waals surface area contributed by atoms with Gasteiger partial charge < -0.3 is 10.4 Å². The summed E-state index contributed by atoms with van der Waals surface area (Å²) < 4.78 is 0. The van der Waals surface area contributed by atoms with E-state index in [1.807, 2.05) is 6.92 Å². The number of nitrogens with zero attached hydrogens (tertiary/aromatic N) is 1. The fourth-order valence-electron chi connectivity index (χ4n) is 2.02. The molecule has 5 nitrogen and oxygen atoms in total. The van der Waals surface area contributed by atoms with Gasteiger partial charge in [0, 0.05) is 18.4 Å². The minimum atomic E-state index is -0.823. The Morgan fingerprint density at radius 3 is 2.61 bits per heavy atom. The Morgan fingerprint density at radius 1 is 1.44 bits per heavy atom. The first kappa shape index (κ1) is 12.5. The third-order valence-electron chi connectivity index (χ3n) is 3.53. The van der Waals surface area contributed by atoms with Crippen LogP contribution in [-0.2, 0) is 4.79 Å². The molecule has 5 heteroatoms. The minimum absolute atomic E-state index is 0.190. The third-order valence-corrected chi connectivity index (χ3v) is 3.53. The summed E-state index contributed by atoms with van der Waals surface area (Å²) in [5.74, 6) is -1.09. The predicted octanol–water partition coefficient (Wildman–Crippen LogP) is 1.37. The monoisotopic (exact) mass is 248 g/mol. The number of carboxylic acid groups (broad SMARTS) is 1. The molecule has 1 amide bonds. The van der Waals surface area contributed by atoms with Crippen LogP contribution in [0.1, 0.15) is 35.3 Å². The summed E-state index contributed by atoms with van der Waals surface area (Å²) in [6.07, 6.45) is 3.68. The van der Waals surface area contributed by atoms with Crippen molar-refractivity contribution in [1.29, 1.82) is 0 Å². The maximum atomic E-state index is 11.8. The summed E-state index contributed by atoms with van der Waals surface area (Å²) in [5.41, 5.74) is 0.543. The molecule has 0 bridgehead atoms. The highest BCUT2D eigenvalue weighted by atomic mass is 16.4. The molecule has 0 aliphatic heterocycles. The standard InChI is InChI=1S/C13H16N2O3/c1-9-3-4-10(7-14-9)11(16)15-8-13(12(17)18)5-2-6-13/h3-4,7H,2,5-6,8H2,1H3,(H,15,16)(H,17,18). The Morgan fingerprint density at radius 2 is 2.17 bits per heavy atom. The molecule has 1 aliphatic rings. The van der Waals surface area contributed by atoms with Crippen molar-refractivity contribution in [2.24, 2.45) is 5.41 Å². The summed E-state index contributed by atoms with van der Waals surface area (Å²) in [5, 5.41) is 11.8. The number of carbonyl (C=O) groups is 2. The number of carbonyl (C=O) groups excluding carboxylic acids is 1. The first-order chi connectivity index (χ1) is 8.53. The maximum Gasteiger partial charge on any atom is 0.311 e. The predicted molar refractivity (Wildman–Crippen MR) is 65.2 cm³/mol. The summed E-state index contributed by atoms with van der Waals surface area (Å²) in [7, 11) is 0. The van der Waals surface area contributed by atoms with Crippen molar-refractivity contribution >= 4 is 11.9 Å². The van der Waals surface area contributed by atoms with Crippen LogP contribution in [0.2, 0.25) is 0 Å². The van der Waals surface area contributed by atoms with Crippen LogP contribution in [0.5, 0.6) is 0 Å². The number of rotatable bonds is 4. The van der Waals surface area contributed by atoms with E-state index in [9.17, 15) is 9.59 Å². The molecule has 1 aromatic heterocycles. The Hall–Kier alpha value is -1.91. The van der Waals surface area contributed by atoms with Gasteiger partial charge >= 0.3 is 5.97 Å². The topological polar surface area (TPSA) is 79.3 Å². The van der Waals surface area contributed by atoms with Crippen molar-refractivity contribution in [1.82, 2.24) is 10.3 Å². The smallest absolute Gasteiger partial charge is 0.311 e. The van der Waals surface area contributed by atoms with Crippen LogP contribution in [0.3, 0.4) is 0 Å². The van der Waals surface area contributed by atoms with Crippen LogP contribution in [-0.4, -0.2) is 28.5 Å². The Balaban J connectivity index is 1.96. The molecule has 2 rings (SSSR count). The molecule has 96 valence electrons. The van der Waals surface area contributed by atoms with Crippen molar-refractivity contribution in [3.05, 3.63) is 29.6 Å². The zero-order valence-corrected chi connectivity index (χ0v) is 10.3. The number of carboxylic acids is 1. The van der Waals surface area contributed by atoms with E-state index in [0.29, 0.717) is 18.4 Å². The fourth-order valence-corrected chi connectivity index (χ4v) is 2.02. The molecular formula is C13H16N2O3. The molecule has 2 N–H and O–H groups in total. The van der Waals surface area contributed by atoms with Crippen LogP contribution in [0.15, 0.2) is 18.3 Å². The van der Waals surface area contributed by atoms with Crippen molar-refractivity contribution in [2.75, 3.05) is 6.54 Å². The van der Waals surface area contributed by atoms with E-state index >= 15 is 0 Å². The third kappa shape index (κ3) is 2.34. The Labute approximate surface area is 105 Å². The molecule has 0 spiro atoms. The fraction of sp³-hybridized carbons (Fsp3) is 0.462. The first-order valence-electron chi connectivity index (χ1n) is 5.98. The van der Waals surface area contributed by atoms with E-state index in [1.54, 1.807) is 12.1 Å². The summed E-state index contributed by atoms with van der Waals surface area (Å²) in [6, 6.07) is 3.44. The van der Waals surface area contributed by atoms with E-state index in [1.165, 1.54) is 6.20 Å². The number of aryl methyl sites for hydroxylation is 1. The molecule has 0 atom stereocenters. The average molecular weight is 248 g/mol. The van der Waals surface area contributed by atoms with Crippen molar-refractivity contribution in [2.45, 2.75) is 26.2 Å². The first-order valence-corrected chi connectivity index (χ1v) is 5.98. The van der Waals surface area contributed by atoms with Gasteiger partial charge in [0.2, 0.25) is 0 Å². The maximum absolute atomic E-state index is 11.8. The lowest BCUT2D eigenvalue weighted by molar-refractivity contribution is -0.153. The lowest BCUT2D eigenvalue weighted by Gasteiger charge is -2.37. The van der Waals surface area contributed by atoms with Gasteiger partial charge in [-0.1, -0.05) is 6.42 Å². The van der Waals surface area contributed by atoms with E-state index in [2.05, 4.69) is 10.3 Å². The minimum Gasteiger partial charge on any atom is -0.481 e. The van der Waals surface area contributed by atoms with Crippen LogP contribution < -0.4 is 5.32 Å². The lowest BCUT2D eigenvalue weighted by atomic mass is 9.69. The van der Waals surface area contributed by atoms with Crippen molar-refractivity contribution in [3.8, 4) is 0 Å². The van der Waals surface area contributed by atoms with Crippen molar-refractivity contribution in [3.63, 3.8) is 0 Å². The van der Waals surface area contributed by atoms with Gasteiger partial charge in [0.25, 0.3) is 5.91 Å². The highest BCUT2D eigenvalue weighted by Gasteiger charge is 2.44. The van der Waals surface area contributed by atoms with Gasteiger partial charge in [0.1, 0.15) is 0 Å². The molecule has 18 heavy (non-hydrogen) atoms. The van der Waals surface area contributed by atoms with Crippen LogP contribution in [0.25, 0.3) is 0 Å². The zero-order chi connectivity index (χ0) is 13.2. The number of aliphatic carboxylic acids is 1. The van der Waals surface area contributed by atoms with Gasteiger partial charge in [-0.2, -0.15) is 0 Å². The molecule has 0 radical (unpaired) electrons. The molecule has 0 aromatic carbocycles. The van der Waals surface area contributed by atoms with Crippen LogP contribution >= 0.6 is 0 Å². The zero-order valence-electron chi connectivity index (χ0n) is 10.3. The number of amides is 1. The van der Waals surface area contributed by atoms with Gasteiger partial charge in [-0.25, -0.2) is 0 Å². The van der Waals surface area contributed by atoms with Crippen LogP contribution in [0, 0.1) is 12.3 Å². The number of nitrogens with one attached hydrogen (secondary N) is 1. The molecule has 1 aliphatic carbocycles. The normalized spacial score (nSPS) is 16.7. The van der Waals surface area contributed by atoms with Crippen LogP contribution in [0.4, 0.5) is 0 Å². The SMILES string of the molecule is Cc1ccc(C(=O)NCC2(C(=O)O)CCC2)cn1. The molecule has 1 aromatic rings. The summed E-state index contributed by atoms with van der Waals surface area (Å²) in [4.78, 5) is 27.0. The average Bonchev–Trinajstić information content (AvgIpc) is 2.27. The van der Waals surface area contributed by atoms with Gasteiger partial charge in [-0.05, 0) is 31.9 Å². The number of pyridine rings is 1. The Kier molecular flexibility index (Phi) is 3.32. The van der Waals surface area contributed by atoms with E-state index in [4.69, 9.17) is 5.11 Å². The number of hydrogen-bond donors (Lipinski definition) is 2. The van der Waals surface area contributed by atoms with E-state index < -0.39 is 11.4 Å². The molecule has 0 saturated heterocycles. The quantitative estimate of drug-likeness (QED) is 0.843. The van der Waals surface area contributed by atoms with Gasteiger partial charge in [-0.15, -0.1) is 0 Å². The lowest BCUT2D eigenvalue weighted by Crippen LogP contribution is -2.47. The van der Waals surface area contributed by atoms with Gasteiger partial charge in [0.15, 0.2) is 0 Å². The molecule has 1 saturated carbocycles. The highest BCUT2D eigenvalue weighted by Crippen LogP contribution is 2.40. The largest absolute Gasteiger partial charge is 0.481 e. The highest BCUT2D eigenvalue weighted by molar-refractivity contribution is 5.94. The summed E-state index contributed by atoms with van der Waals surface area (Å²) in [6.45, 7) is 2.03. The molecule has 1 heterocycles. The van der Waals surface area contributed by atoms with Gasteiger partial charge in [-0.3, -0.25) is 14.6 Å². The second kappa shape index (κ2) is 4.76. The van der Waals surface area contributed by atoms with Gasteiger partial charge in [0.05, 0.1) is 11.0 Å². The molecule has 0 unspecified atom stereocenters. The van der Waals surface area contributed by atoms with Crippen molar-refractivity contribution < 1.29 is 14.7 Å². The van der Waals surface area contributed by atoms with E-state index in [0.717, 1.165) is 12.1 Å². The second-order valence-corrected chi connectivity index (χ2v) is 4.81. The second-order valence-electron chi connectivity index (χ2n) is 4.81. The number of aromatic nitrogens is 1. The Bertz CT molecular complexity index is 464. The number of hydrogen-bond acceptors (Lipinski definition) is 3.